The van der Waals surface area contributed by atoms with Crippen LogP contribution in [0.25, 0.3) is 11.0 Å². The van der Waals surface area contributed by atoms with Crippen LogP contribution in [0.5, 0.6) is 5.75 Å². The van der Waals surface area contributed by atoms with Crippen molar-refractivity contribution in [2.75, 3.05) is 24.8 Å². The van der Waals surface area contributed by atoms with E-state index in [-0.39, 0.29) is 18.6 Å². The highest BCUT2D eigenvalue weighted by Crippen LogP contribution is 2.27. The highest BCUT2D eigenvalue weighted by Gasteiger charge is 2.17. The maximum atomic E-state index is 9.47. The molecular formula is C26H34N8O2. The molecule has 5 N–H and O–H groups in total. The van der Waals surface area contributed by atoms with E-state index in [2.05, 4.69) is 49.7 Å². The minimum absolute atomic E-state index is 0.0781. The van der Waals surface area contributed by atoms with Crippen molar-refractivity contribution in [1.29, 1.82) is 0 Å². The van der Waals surface area contributed by atoms with Crippen molar-refractivity contribution in [3.8, 4) is 5.75 Å². The molecule has 0 aliphatic rings. The quantitative estimate of drug-likeness (QED) is 0.223. The Morgan fingerprint density at radius 2 is 1.89 bits per heavy atom. The van der Waals surface area contributed by atoms with Crippen LogP contribution in [0.4, 0.5) is 11.8 Å². The molecule has 4 aromatic rings. The number of nitrogen functional groups attached to an aromatic ring is 1. The molecule has 0 radical (unpaired) electrons. The third kappa shape index (κ3) is 6.27. The van der Waals surface area contributed by atoms with E-state index in [4.69, 9.17) is 10.5 Å². The van der Waals surface area contributed by atoms with Crippen LogP contribution in [0.15, 0.2) is 48.9 Å². The van der Waals surface area contributed by atoms with Crippen molar-refractivity contribution in [2.45, 2.75) is 51.9 Å². The van der Waals surface area contributed by atoms with Crippen LogP contribution in [0.1, 0.15) is 42.9 Å². The number of pyridine rings is 1. The third-order valence-corrected chi connectivity index (χ3v) is 6.04. The topological polar surface area (TPSA) is 136 Å². The van der Waals surface area contributed by atoms with E-state index in [0.717, 1.165) is 41.8 Å². The summed E-state index contributed by atoms with van der Waals surface area (Å²) in [7, 11) is 1.68. The van der Waals surface area contributed by atoms with Crippen LogP contribution >= 0.6 is 0 Å². The molecule has 0 bridgehead atoms. The second kappa shape index (κ2) is 12.3. The summed E-state index contributed by atoms with van der Waals surface area (Å²) in [6.07, 6.45) is 7.81. The minimum atomic E-state index is 0.0781. The summed E-state index contributed by atoms with van der Waals surface area (Å²) < 4.78 is 7.58. The van der Waals surface area contributed by atoms with Crippen LogP contribution in [0.2, 0.25) is 0 Å². The van der Waals surface area contributed by atoms with Crippen LogP contribution in [0.3, 0.4) is 0 Å². The maximum Gasteiger partial charge on any atom is 0.222 e. The monoisotopic (exact) mass is 490 g/mol. The third-order valence-electron chi connectivity index (χ3n) is 6.04. The predicted molar refractivity (Wildman–Crippen MR) is 141 cm³/mol. The lowest BCUT2D eigenvalue weighted by molar-refractivity contribution is 0.276. The molecule has 3 aromatic heterocycles. The van der Waals surface area contributed by atoms with Gasteiger partial charge in [-0.2, -0.15) is 10.1 Å². The lowest BCUT2D eigenvalue weighted by Gasteiger charge is -2.19. The number of aliphatic hydroxyl groups excluding tert-OH is 1. The average Bonchev–Trinajstić information content (AvgIpc) is 3.28. The normalized spacial score (nSPS) is 12.1. The van der Waals surface area contributed by atoms with E-state index >= 15 is 0 Å². The summed E-state index contributed by atoms with van der Waals surface area (Å²) in [5.41, 5.74) is 10.7. The Hall–Kier alpha value is -3.76. The Morgan fingerprint density at radius 1 is 1.08 bits per heavy atom. The van der Waals surface area contributed by atoms with Gasteiger partial charge in [0.2, 0.25) is 5.95 Å². The van der Waals surface area contributed by atoms with Crippen LogP contribution in [-0.4, -0.2) is 49.6 Å². The molecule has 0 aliphatic carbocycles. The predicted octanol–water partition coefficient (Wildman–Crippen LogP) is 3.11. The number of aromatic nitrogens is 5. The number of hydrogen-bond donors (Lipinski definition) is 4. The van der Waals surface area contributed by atoms with Gasteiger partial charge in [0.1, 0.15) is 16.8 Å². The fraction of sp³-hybridized carbons (Fsp3) is 0.385. The lowest BCUT2D eigenvalue weighted by Crippen LogP contribution is -2.22. The molecule has 3 heterocycles. The molecule has 0 saturated heterocycles. The molecule has 0 aliphatic heterocycles. The molecule has 190 valence electrons. The van der Waals surface area contributed by atoms with Crippen molar-refractivity contribution in [3.05, 3.63) is 65.6 Å². The first-order valence-corrected chi connectivity index (χ1v) is 12.2. The number of benzene rings is 1. The van der Waals surface area contributed by atoms with Gasteiger partial charge in [-0.3, -0.25) is 9.67 Å². The van der Waals surface area contributed by atoms with E-state index in [0.29, 0.717) is 30.8 Å². The molecule has 0 unspecified atom stereocenters. The Balaban J connectivity index is 1.54. The van der Waals surface area contributed by atoms with E-state index in [9.17, 15) is 5.11 Å². The van der Waals surface area contributed by atoms with E-state index < -0.39 is 0 Å². The van der Waals surface area contributed by atoms with Gasteiger partial charge in [0.25, 0.3) is 0 Å². The van der Waals surface area contributed by atoms with Crippen molar-refractivity contribution in [1.82, 2.24) is 30.0 Å². The maximum absolute atomic E-state index is 9.47. The number of methoxy groups -OCH3 is 1. The zero-order valence-corrected chi connectivity index (χ0v) is 20.8. The number of aliphatic hydroxyl groups is 1. The summed E-state index contributed by atoms with van der Waals surface area (Å²) >= 11 is 0. The van der Waals surface area contributed by atoms with Crippen molar-refractivity contribution >= 4 is 22.8 Å². The van der Waals surface area contributed by atoms with Gasteiger partial charge >= 0.3 is 0 Å². The highest BCUT2D eigenvalue weighted by molar-refractivity contribution is 5.86. The smallest absolute Gasteiger partial charge is 0.222 e. The molecule has 36 heavy (non-hydrogen) atoms. The number of nitrogens with one attached hydrogen (secondary N) is 2. The average molecular weight is 491 g/mol. The molecule has 4 rings (SSSR count). The molecule has 1 aromatic carbocycles. The molecular weight excluding hydrogens is 456 g/mol. The number of nitrogens with two attached hydrogens (primary N) is 1. The van der Waals surface area contributed by atoms with Gasteiger partial charge in [-0.15, -0.1) is 0 Å². The molecule has 0 spiro atoms. The summed E-state index contributed by atoms with van der Waals surface area (Å²) in [5.74, 6) is 1.60. The molecule has 10 heteroatoms. The summed E-state index contributed by atoms with van der Waals surface area (Å²) in [5, 5.41) is 21.0. The van der Waals surface area contributed by atoms with Crippen molar-refractivity contribution in [3.63, 3.8) is 0 Å². The highest BCUT2D eigenvalue weighted by atomic mass is 16.5. The van der Waals surface area contributed by atoms with Crippen LogP contribution in [0, 0.1) is 0 Å². The number of anilines is 2. The minimum Gasteiger partial charge on any atom is -0.496 e. The number of hydrogen-bond acceptors (Lipinski definition) is 9. The Kier molecular flexibility index (Phi) is 8.64. The van der Waals surface area contributed by atoms with E-state index in [1.807, 2.05) is 22.9 Å². The summed E-state index contributed by atoms with van der Waals surface area (Å²) in [6.45, 7) is 4.18. The van der Waals surface area contributed by atoms with Crippen molar-refractivity contribution < 1.29 is 9.84 Å². The standard InChI is InChI=1S/C26H34N8O2/c1-3-4-21(9-12-35)31-25-24-22(32-26(27)33-25)16-30-34(24)17-20-6-5-19(13-23(20)36-2)15-29-14-18-7-10-28-11-8-18/h5-8,10-11,13,16,21,29,35H,3-4,9,12,14-15,17H2,1-2H3,(H3,27,31,32,33)/t21-/m0/s1. The van der Waals surface area contributed by atoms with Crippen LogP contribution < -0.4 is 21.1 Å². The molecule has 0 saturated carbocycles. The van der Waals surface area contributed by atoms with Gasteiger partial charge in [-0.1, -0.05) is 25.5 Å². The zero-order chi connectivity index (χ0) is 25.3. The SMILES string of the molecule is CCC[C@@H](CCO)Nc1nc(N)nc2cnn(Cc3ccc(CNCc4ccncc4)cc3OC)c12. The second-order valence-corrected chi connectivity index (χ2v) is 8.71. The van der Waals surface area contributed by atoms with Gasteiger partial charge in [0.05, 0.1) is 19.9 Å². The number of ether oxygens (including phenoxy) is 1. The van der Waals surface area contributed by atoms with Gasteiger partial charge in [0, 0.05) is 43.7 Å². The number of rotatable bonds is 13. The number of fused-ring (bicyclic) bond motifs is 1. The summed E-state index contributed by atoms with van der Waals surface area (Å²) in [4.78, 5) is 12.9. The fourth-order valence-electron chi connectivity index (χ4n) is 4.27. The zero-order valence-electron chi connectivity index (χ0n) is 20.8. The Bertz CT molecular complexity index is 1260. The van der Waals surface area contributed by atoms with Gasteiger partial charge < -0.3 is 26.2 Å². The first-order valence-electron chi connectivity index (χ1n) is 12.2. The van der Waals surface area contributed by atoms with Crippen molar-refractivity contribution in [2.24, 2.45) is 0 Å². The first kappa shape index (κ1) is 25.3. The van der Waals surface area contributed by atoms with Crippen LogP contribution in [-0.2, 0) is 19.6 Å². The largest absolute Gasteiger partial charge is 0.496 e. The molecule has 0 fully saturated rings. The first-order chi connectivity index (χ1) is 17.6. The second-order valence-electron chi connectivity index (χ2n) is 8.71. The Morgan fingerprint density at radius 3 is 2.64 bits per heavy atom. The Labute approximate surface area is 210 Å². The van der Waals surface area contributed by atoms with Gasteiger partial charge in [-0.05, 0) is 42.2 Å². The summed E-state index contributed by atoms with van der Waals surface area (Å²) in [6, 6.07) is 10.3. The molecule has 0 amide bonds. The lowest BCUT2D eigenvalue weighted by atomic mass is 10.1. The van der Waals surface area contributed by atoms with E-state index in [1.165, 1.54) is 5.56 Å². The van der Waals surface area contributed by atoms with Gasteiger partial charge in [0.15, 0.2) is 5.82 Å². The van der Waals surface area contributed by atoms with Gasteiger partial charge in [-0.25, -0.2) is 4.98 Å². The fourth-order valence-corrected chi connectivity index (χ4v) is 4.27. The number of nitrogens with zero attached hydrogens (tertiary/aromatic N) is 5. The molecule has 10 nitrogen and oxygen atoms in total. The molecule has 1 atom stereocenters. The van der Waals surface area contributed by atoms with E-state index in [1.54, 1.807) is 25.7 Å².